The van der Waals surface area contributed by atoms with Crippen LogP contribution < -0.4 is 10.6 Å². The van der Waals surface area contributed by atoms with Gasteiger partial charge in [-0.3, -0.25) is 0 Å². The third-order valence-electron chi connectivity index (χ3n) is 22.8. The summed E-state index contributed by atoms with van der Waals surface area (Å²) < 4.78 is 2.33. The van der Waals surface area contributed by atoms with Gasteiger partial charge in [0.25, 0.3) is 0 Å². The summed E-state index contributed by atoms with van der Waals surface area (Å²) in [6.45, 7) is 3.88. The Morgan fingerprint density at radius 2 is 1.07 bits per heavy atom. The van der Waals surface area contributed by atoms with Gasteiger partial charge in [-0.05, 0) is 0 Å². The minimum absolute atomic E-state index is 0.0810. The van der Waals surface area contributed by atoms with E-state index in [1.807, 2.05) is 0 Å². The van der Waals surface area contributed by atoms with E-state index in [1.165, 1.54) is 62.5 Å². The van der Waals surface area contributed by atoms with Gasteiger partial charge in [-0.15, -0.1) is 0 Å². The Balaban J connectivity index is 1.06. The number of aryl methyl sites for hydroxylation is 2. The van der Waals surface area contributed by atoms with Crippen LogP contribution in [0.4, 0.5) is 0 Å². The normalized spacial score (nSPS) is 64.1. The van der Waals surface area contributed by atoms with Gasteiger partial charge in [-0.1, -0.05) is 0 Å². The molecule has 2 aliphatic carbocycles. The zero-order valence-electron chi connectivity index (χ0n) is 25.6. The van der Waals surface area contributed by atoms with Crippen molar-refractivity contribution in [2.75, 3.05) is 0 Å². The Morgan fingerprint density at radius 1 is 0.643 bits per heavy atom. The molecule has 0 bridgehead atoms. The Hall–Kier alpha value is 0.549. The van der Waals surface area contributed by atoms with Crippen molar-refractivity contribution in [1.82, 2.24) is 0 Å². The van der Waals surface area contributed by atoms with Crippen molar-refractivity contribution in [3.05, 3.63) is 59.7 Å². The monoisotopic (exact) mass is 748 g/mol. The third kappa shape index (κ3) is 0.702. The van der Waals surface area contributed by atoms with Gasteiger partial charge in [0.1, 0.15) is 0 Å². The number of benzene rings is 2. The molecule has 12 aliphatic rings. The van der Waals surface area contributed by atoms with Crippen LogP contribution in [-0.4, -0.2) is 18.5 Å². The van der Waals surface area contributed by atoms with Crippen molar-refractivity contribution < 1.29 is 6.51 Å². The van der Waals surface area contributed by atoms with Crippen LogP contribution in [0.15, 0.2) is 48.5 Å². The second-order valence-corrected chi connectivity index (χ2v) is 51.9. The van der Waals surface area contributed by atoms with E-state index in [-0.39, 0.29) is 15.8 Å². The Labute approximate surface area is 259 Å². The van der Waals surface area contributed by atoms with Crippen molar-refractivity contribution in [2.24, 2.45) is 0 Å². The van der Waals surface area contributed by atoms with E-state index in [1.54, 1.807) is 62.0 Å². The molecule has 0 N–H and O–H groups in total. The second kappa shape index (κ2) is 4.07. The fraction of sp³-hybridized carbons (Fsp3) is 0.684. The summed E-state index contributed by atoms with van der Waals surface area (Å²) in [7, 11) is -0.179. The zero-order valence-corrected chi connectivity index (χ0v) is 30.6. The van der Waals surface area contributed by atoms with Gasteiger partial charge in [0.15, 0.2) is 0 Å². The predicted octanol–water partition coefficient (Wildman–Crippen LogP) is 11.7. The van der Waals surface area contributed by atoms with Gasteiger partial charge in [-0.25, -0.2) is 0 Å². The maximum atomic E-state index is 3.39. The standard InChI is InChI=1S/C33H42IP2.C5H5.Fe/c1-25-17-21-27(22-18-25)35(28-23-19-26(2)20-24-28)32-16-10-15-31(32)33(3,34)36(29-11-6-4-7-12-29)30-13-8-5-9-14-30;1-2-4-5-3-1;/h10,15-24,29-30H,4-9,11-14H2,1-3H3;1-5H;. The van der Waals surface area contributed by atoms with E-state index in [0.717, 1.165) is 19.7 Å². The van der Waals surface area contributed by atoms with Crippen LogP contribution in [0.2, 0.25) is 42.8 Å². The van der Waals surface area contributed by atoms with Gasteiger partial charge >= 0.3 is 262 Å². The number of rotatable bonds is 7. The third-order valence-corrected chi connectivity index (χ3v) is 79.9. The molecule has 10 saturated heterocycles. The van der Waals surface area contributed by atoms with Gasteiger partial charge in [0.2, 0.25) is 0 Å². The first-order valence-corrected chi connectivity index (χ1v) is 27.9. The molecule has 42 heavy (non-hydrogen) atoms. The molecule has 10 aliphatic heterocycles. The van der Waals surface area contributed by atoms with Crippen LogP contribution in [-0.2, 0) is 6.51 Å². The van der Waals surface area contributed by atoms with Gasteiger partial charge < -0.3 is 0 Å². The number of hydrogen-bond donors (Lipinski definition) is 0. The summed E-state index contributed by atoms with van der Waals surface area (Å²) in [5.41, 5.74) is 5.10. The summed E-state index contributed by atoms with van der Waals surface area (Å²) in [5.74, 6) is 0. The molecule has 0 nitrogen and oxygen atoms in total. The van der Waals surface area contributed by atoms with Crippen molar-refractivity contribution in [3.8, 4) is 0 Å². The molecule has 2 saturated carbocycles. The topological polar surface area (TPSA) is 0 Å². The van der Waals surface area contributed by atoms with Crippen molar-refractivity contribution in [2.45, 2.75) is 146 Å². The molecular weight excluding hydrogens is 701 g/mol. The summed E-state index contributed by atoms with van der Waals surface area (Å²) >= 11 is 3.39. The van der Waals surface area contributed by atoms with Crippen LogP contribution in [0.5, 0.6) is 0 Å². The number of fused-ring (bicyclic) bond motifs is 10. The molecule has 2 aromatic carbocycles. The summed E-state index contributed by atoms with van der Waals surface area (Å²) in [4.78, 5) is 10.9. The first-order valence-electron chi connectivity index (χ1n) is 17.8. The summed E-state index contributed by atoms with van der Waals surface area (Å²) in [5, 5.41) is 3.61. The molecular formula is C38H47FeIP2. The summed E-state index contributed by atoms with van der Waals surface area (Å²) in [6.07, 6.45) is 15.6. The SMILES string of the molecule is Cc1ccc(P(c2ccc(C)cc2)[C]23[CH]4[CH]5[CH]6[C@]2(C(C)(I)P(C2CCCCC2)C2CCCCC2)[Fe]54632789[CH]3[CH]2[CH]7[CH]8[CH]39)cc1. The molecule has 5 unspecified atom stereocenters. The molecule has 0 amide bonds. The van der Waals surface area contributed by atoms with Crippen molar-refractivity contribution >= 4 is 49.0 Å². The molecule has 6 atom stereocenters. The van der Waals surface area contributed by atoms with Gasteiger partial charge in [-0.2, -0.15) is 0 Å². The van der Waals surface area contributed by atoms with Crippen LogP contribution in [0.25, 0.3) is 0 Å². The van der Waals surface area contributed by atoms with Crippen molar-refractivity contribution in [3.63, 3.8) is 0 Å². The van der Waals surface area contributed by atoms with E-state index in [4.69, 9.17) is 0 Å². The number of hydrogen-bond acceptors (Lipinski definition) is 0. The number of alkyl halides is 1. The average Bonchev–Trinajstić information content (AvgIpc) is 3.95. The van der Waals surface area contributed by atoms with Crippen LogP contribution >= 0.6 is 38.4 Å². The van der Waals surface area contributed by atoms with Crippen LogP contribution in [0, 0.1) is 13.8 Å². The second-order valence-electron chi connectivity index (χ2n) is 19.7. The number of halogens is 1. The molecule has 2 aromatic rings. The maximum absolute atomic E-state index is 3.79. The molecule has 12 fully saturated rings. The van der Waals surface area contributed by atoms with Gasteiger partial charge in [0.05, 0.1) is 0 Å². The van der Waals surface area contributed by atoms with E-state index < -0.39 is 6.51 Å². The molecule has 10 heterocycles. The molecule has 4 heteroatoms. The Morgan fingerprint density at radius 3 is 1.45 bits per heavy atom. The minimum atomic E-state index is -3.79. The Bertz CT molecular complexity index is 1930. The van der Waals surface area contributed by atoms with E-state index >= 15 is 0 Å². The van der Waals surface area contributed by atoms with Gasteiger partial charge in [0, 0.05) is 0 Å². The first-order chi connectivity index (χ1) is 20.2. The Kier molecular flexibility index (Phi) is 2.31. The quantitative estimate of drug-likeness (QED) is 0.114. The van der Waals surface area contributed by atoms with E-state index in [0.29, 0.717) is 3.16 Å². The molecule has 0 aromatic heterocycles. The van der Waals surface area contributed by atoms with Crippen molar-refractivity contribution in [1.29, 1.82) is 0 Å². The summed E-state index contributed by atoms with van der Waals surface area (Å²) in [6, 6.07) is 20.6. The zero-order chi connectivity index (χ0) is 27.8. The average molecular weight is 748 g/mol. The van der Waals surface area contributed by atoms with E-state index in [9.17, 15) is 0 Å². The van der Waals surface area contributed by atoms with Crippen LogP contribution in [0.1, 0.15) is 82.3 Å². The molecule has 0 radical (unpaired) electrons. The van der Waals surface area contributed by atoms with Crippen LogP contribution in [0.3, 0.4) is 0 Å². The fourth-order valence-corrected chi connectivity index (χ4v) is 130. The first kappa shape index (κ1) is 23.8. The van der Waals surface area contributed by atoms with E-state index in [2.05, 4.69) is 91.9 Å². The molecule has 1 spiro atoms. The fourth-order valence-electron chi connectivity index (χ4n) is 24.2. The predicted molar refractivity (Wildman–Crippen MR) is 187 cm³/mol. The molecule has 224 valence electrons. The molecule has 14 rings (SSSR count).